The Morgan fingerprint density at radius 2 is 0.784 bits per heavy atom. The molecule has 304 valence electrons. The van der Waals surface area contributed by atoms with Gasteiger partial charge in [0, 0.05) is 19.3 Å². The largest absolute Gasteiger partial charge is 0.462 e. The monoisotopic (exact) mass is 723 g/mol. The second-order valence-corrected chi connectivity index (χ2v) is 16.5. The van der Waals surface area contributed by atoms with Crippen LogP contribution in [0, 0.1) is 0 Å². The van der Waals surface area contributed by atoms with Gasteiger partial charge < -0.3 is 14.3 Å². The van der Waals surface area contributed by atoms with Crippen molar-refractivity contribution in [3.8, 4) is 0 Å². The molecule has 0 aliphatic rings. The minimum absolute atomic E-state index is 0.0227. The molecule has 0 aliphatic heterocycles. The average Bonchev–Trinajstić information content (AvgIpc) is 3.11. The number of carbonyl (C=O) groups is 2. The molecule has 0 fully saturated rings. The average molecular weight is 723 g/mol. The molecule has 0 radical (unpaired) electrons. The first-order valence-electron chi connectivity index (χ1n) is 23.1. The molecule has 5 nitrogen and oxygen atoms in total. The number of likely N-dealkylation sites (N-methyl/N-ethyl adjacent to an activating group) is 1. The lowest BCUT2D eigenvalue weighted by atomic mass is 10.0. The summed E-state index contributed by atoms with van der Waals surface area (Å²) in [6.07, 6.45) is 41.5. The van der Waals surface area contributed by atoms with Crippen molar-refractivity contribution < 1.29 is 23.9 Å². The smallest absolute Gasteiger partial charge is 0.306 e. The third kappa shape index (κ3) is 35.8. The van der Waals surface area contributed by atoms with Crippen LogP contribution in [-0.4, -0.2) is 60.7 Å². The van der Waals surface area contributed by atoms with E-state index < -0.39 is 0 Å². The highest BCUT2D eigenvalue weighted by atomic mass is 16.5. The quantitative estimate of drug-likeness (QED) is 0.0387. The van der Waals surface area contributed by atoms with E-state index in [1.807, 2.05) is 0 Å². The molecule has 1 atom stereocenters. The first kappa shape index (κ1) is 50.1. The number of aliphatic hydroxyl groups excluding tert-OH is 1. The van der Waals surface area contributed by atoms with Crippen molar-refractivity contribution in [2.75, 3.05) is 33.3 Å². The van der Waals surface area contributed by atoms with Crippen LogP contribution in [-0.2, 0) is 14.3 Å². The van der Waals surface area contributed by atoms with E-state index >= 15 is 0 Å². The Bertz CT molecular complexity index is 727. The number of carbonyl (C=O) groups excluding carboxylic acids is 2. The summed E-state index contributed by atoms with van der Waals surface area (Å²) < 4.78 is 6.99. The van der Waals surface area contributed by atoms with Crippen LogP contribution in [0.2, 0.25) is 0 Å². The molecule has 0 aromatic carbocycles. The standard InChI is InChI=1S/C46H92NO4/c1-5-8-11-14-17-18-21-28-35-44(49)36-29-22-19-26-33-40-47(4,42-43-48)41-34-27-20-25-32-39-46(50)51-45(37-30-23-15-12-9-6-2)38-31-24-16-13-10-7-3/h45,48H,5-43H2,1-4H3/q+1. The van der Waals surface area contributed by atoms with Gasteiger partial charge in [0.1, 0.15) is 18.4 Å². The van der Waals surface area contributed by atoms with Crippen molar-refractivity contribution >= 4 is 11.8 Å². The van der Waals surface area contributed by atoms with E-state index in [0.717, 1.165) is 75.5 Å². The maximum absolute atomic E-state index is 12.7. The van der Waals surface area contributed by atoms with Gasteiger partial charge in [-0.05, 0) is 70.6 Å². The van der Waals surface area contributed by atoms with E-state index in [1.165, 1.54) is 167 Å². The van der Waals surface area contributed by atoms with Gasteiger partial charge in [0.25, 0.3) is 0 Å². The summed E-state index contributed by atoms with van der Waals surface area (Å²) >= 11 is 0. The molecule has 0 bridgehead atoms. The number of ether oxygens (including phenoxy) is 1. The van der Waals surface area contributed by atoms with Gasteiger partial charge in [-0.15, -0.1) is 0 Å². The van der Waals surface area contributed by atoms with E-state index in [1.54, 1.807) is 0 Å². The number of ketones is 1. The van der Waals surface area contributed by atoms with Gasteiger partial charge in [0.15, 0.2) is 0 Å². The van der Waals surface area contributed by atoms with Crippen molar-refractivity contribution in [2.45, 2.75) is 252 Å². The van der Waals surface area contributed by atoms with Gasteiger partial charge in [0.05, 0.1) is 26.7 Å². The molecule has 5 heteroatoms. The second kappa shape index (κ2) is 38.8. The molecule has 0 rings (SSSR count). The molecule has 0 spiro atoms. The Labute approximate surface area is 319 Å². The molecule has 51 heavy (non-hydrogen) atoms. The summed E-state index contributed by atoms with van der Waals surface area (Å²) in [5.74, 6) is 0.494. The summed E-state index contributed by atoms with van der Waals surface area (Å²) in [4.78, 5) is 25.0. The summed E-state index contributed by atoms with van der Waals surface area (Å²) in [5.41, 5.74) is 0. The number of nitrogens with zero attached hydrogens (tertiary/aromatic N) is 1. The highest BCUT2D eigenvalue weighted by Crippen LogP contribution is 2.19. The third-order valence-corrected chi connectivity index (χ3v) is 11.2. The Balaban J connectivity index is 4.06. The number of esters is 1. The number of hydrogen-bond donors (Lipinski definition) is 1. The highest BCUT2D eigenvalue weighted by Gasteiger charge is 2.20. The van der Waals surface area contributed by atoms with Crippen molar-refractivity contribution in [3.63, 3.8) is 0 Å². The molecule has 0 saturated heterocycles. The molecule has 0 aromatic rings. The first-order valence-corrected chi connectivity index (χ1v) is 23.1. The summed E-state index contributed by atoms with van der Waals surface area (Å²) in [6.45, 7) is 10.1. The summed E-state index contributed by atoms with van der Waals surface area (Å²) in [5, 5.41) is 9.74. The zero-order valence-corrected chi connectivity index (χ0v) is 35.3. The summed E-state index contributed by atoms with van der Waals surface area (Å²) in [6, 6.07) is 0. The zero-order chi connectivity index (χ0) is 37.5. The maximum Gasteiger partial charge on any atom is 0.306 e. The fourth-order valence-corrected chi connectivity index (χ4v) is 7.61. The lowest BCUT2D eigenvalue weighted by molar-refractivity contribution is -0.910. The highest BCUT2D eigenvalue weighted by molar-refractivity contribution is 5.78. The Hall–Kier alpha value is -0.940. The normalized spacial score (nSPS) is 12.8. The van der Waals surface area contributed by atoms with Crippen LogP contribution < -0.4 is 0 Å². The van der Waals surface area contributed by atoms with Gasteiger partial charge in [-0.1, -0.05) is 156 Å². The number of aliphatic hydroxyl groups is 1. The lowest BCUT2D eigenvalue weighted by Crippen LogP contribution is -2.47. The molecule has 0 aliphatic carbocycles. The van der Waals surface area contributed by atoms with Crippen LogP contribution in [0.1, 0.15) is 245 Å². The van der Waals surface area contributed by atoms with Gasteiger partial charge in [0.2, 0.25) is 0 Å². The van der Waals surface area contributed by atoms with Crippen molar-refractivity contribution in [1.29, 1.82) is 0 Å². The Kier molecular flexibility index (Phi) is 38.1. The SMILES string of the molecule is CCCCCCCCCCC(=O)CCCCCCC[N+](C)(CCO)CCCCCCCC(=O)OC(CCCCCCCC)CCCCCCCC. The predicted molar refractivity (Wildman–Crippen MR) is 221 cm³/mol. The number of Topliss-reactive ketones (excluding diaryl/α,β-unsaturated/α-hetero) is 1. The molecular formula is C46H92NO4+. The van der Waals surface area contributed by atoms with Gasteiger partial charge in [-0.2, -0.15) is 0 Å². The number of hydrogen-bond acceptors (Lipinski definition) is 4. The summed E-state index contributed by atoms with van der Waals surface area (Å²) in [7, 11) is 2.31. The Morgan fingerprint density at radius 3 is 1.18 bits per heavy atom. The Morgan fingerprint density at radius 1 is 0.451 bits per heavy atom. The minimum Gasteiger partial charge on any atom is -0.462 e. The van der Waals surface area contributed by atoms with Crippen LogP contribution in [0.25, 0.3) is 0 Å². The van der Waals surface area contributed by atoms with Gasteiger partial charge in [-0.3, -0.25) is 9.59 Å². The van der Waals surface area contributed by atoms with E-state index in [-0.39, 0.29) is 18.7 Å². The number of quaternary nitrogens is 1. The van der Waals surface area contributed by atoms with Crippen molar-refractivity contribution in [2.24, 2.45) is 0 Å². The van der Waals surface area contributed by atoms with Crippen LogP contribution in [0.15, 0.2) is 0 Å². The second-order valence-electron chi connectivity index (χ2n) is 16.5. The first-order chi connectivity index (χ1) is 24.9. The van der Waals surface area contributed by atoms with Crippen LogP contribution in [0.3, 0.4) is 0 Å². The number of unbranched alkanes of at least 4 members (excludes halogenated alkanes) is 25. The van der Waals surface area contributed by atoms with Crippen LogP contribution in [0.4, 0.5) is 0 Å². The molecule has 1 N–H and O–H groups in total. The van der Waals surface area contributed by atoms with E-state index in [9.17, 15) is 14.7 Å². The van der Waals surface area contributed by atoms with Crippen molar-refractivity contribution in [1.82, 2.24) is 0 Å². The predicted octanol–water partition coefficient (Wildman–Crippen LogP) is 13.6. The van der Waals surface area contributed by atoms with Gasteiger partial charge in [-0.25, -0.2) is 0 Å². The van der Waals surface area contributed by atoms with Crippen molar-refractivity contribution in [3.05, 3.63) is 0 Å². The maximum atomic E-state index is 12.7. The third-order valence-electron chi connectivity index (χ3n) is 11.2. The van der Waals surface area contributed by atoms with Gasteiger partial charge >= 0.3 is 5.97 Å². The fraction of sp³-hybridized carbons (Fsp3) is 0.957. The molecule has 0 aromatic heterocycles. The van der Waals surface area contributed by atoms with E-state index in [2.05, 4.69) is 27.8 Å². The van der Waals surface area contributed by atoms with E-state index in [0.29, 0.717) is 12.2 Å². The molecule has 0 saturated carbocycles. The topological polar surface area (TPSA) is 63.6 Å². The molecule has 0 heterocycles. The van der Waals surface area contributed by atoms with E-state index in [4.69, 9.17) is 4.74 Å². The minimum atomic E-state index is 0.0227. The van der Waals surface area contributed by atoms with Crippen LogP contribution >= 0.6 is 0 Å². The fourth-order valence-electron chi connectivity index (χ4n) is 7.61. The molecule has 0 amide bonds. The van der Waals surface area contributed by atoms with Crippen LogP contribution in [0.5, 0.6) is 0 Å². The lowest BCUT2D eigenvalue weighted by Gasteiger charge is -2.34. The zero-order valence-electron chi connectivity index (χ0n) is 35.3. The molecule has 1 unspecified atom stereocenters. The number of rotatable bonds is 42. The molecular weight excluding hydrogens is 631 g/mol.